The topological polar surface area (TPSA) is 50.8 Å². The van der Waals surface area contributed by atoms with E-state index >= 15 is 0 Å². The van der Waals surface area contributed by atoms with E-state index in [4.69, 9.17) is 9.47 Å². The molecule has 2 aromatic rings. The summed E-state index contributed by atoms with van der Waals surface area (Å²) in [6.45, 7) is 5.48. The number of amides is 1. The molecule has 0 aliphatic carbocycles. The molecule has 1 saturated heterocycles. The van der Waals surface area contributed by atoms with Crippen molar-refractivity contribution < 1.29 is 14.3 Å². The van der Waals surface area contributed by atoms with E-state index in [0.29, 0.717) is 18.7 Å². The van der Waals surface area contributed by atoms with E-state index < -0.39 is 0 Å². The average Bonchev–Trinajstić information content (AvgIpc) is 3.22. The van der Waals surface area contributed by atoms with Gasteiger partial charge in [0.05, 0.1) is 11.7 Å². The highest BCUT2D eigenvalue weighted by atomic mass is 16.5. The summed E-state index contributed by atoms with van der Waals surface area (Å²) >= 11 is 0. The van der Waals surface area contributed by atoms with Crippen molar-refractivity contribution >= 4 is 11.6 Å². The summed E-state index contributed by atoms with van der Waals surface area (Å²) < 4.78 is 11.5. The molecule has 1 amide bonds. The highest BCUT2D eigenvalue weighted by Crippen LogP contribution is 2.35. The van der Waals surface area contributed by atoms with Crippen LogP contribution in [-0.4, -0.2) is 36.7 Å². The Morgan fingerprint density at radius 2 is 2.15 bits per heavy atom. The maximum absolute atomic E-state index is 13.2. The molecule has 2 aliphatic rings. The molecule has 2 aromatic carbocycles. The third kappa shape index (κ3) is 3.69. The number of nitrogens with zero attached hydrogens (tertiary/aromatic N) is 1. The van der Waals surface area contributed by atoms with Crippen LogP contribution in [0, 0.1) is 0 Å². The van der Waals surface area contributed by atoms with Gasteiger partial charge in [0.2, 0.25) is 0 Å². The number of anilines is 1. The Kier molecular flexibility index (Phi) is 5.12. The zero-order chi connectivity index (χ0) is 18.6. The van der Waals surface area contributed by atoms with E-state index in [2.05, 4.69) is 11.9 Å². The number of rotatable bonds is 6. The lowest BCUT2D eigenvalue weighted by Crippen LogP contribution is -2.46. The molecule has 0 saturated carbocycles. The number of benzene rings is 2. The Morgan fingerprint density at radius 3 is 2.96 bits per heavy atom. The van der Waals surface area contributed by atoms with Gasteiger partial charge in [-0.3, -0.25) is 4.79 Å². The molecule has 4 rings (SSSR count). The summed E-state index contributed by atoms with van der Waals surface area (Å²) in [7, 11) is 0. The van der Waals surface area contributed by atoms with Gasteiger partial charge in [-0.25, -0.2) is 0 Å². The molecule has 2 atom stereocenters. The van der Waals surface area contributed by atoms with Crippen molar-refractivity contribution in [2.75, 3.05) is 25.1 Å². The number of carbonyl (C=O) groups is 1. The first-order valence-corrected chi connectivity index (χ1v) is 9.38. The van der Waals surface area contributed by atoms with Crippen LogP contribution in [0.5, 0.6) is 5.75 Å². The first-order chi connectivity index (χ1) is 13.3. The van der Waals surface area contributed by atoms with Gasteiger partial charge >= 0.3 is 0 Å². The second kappa shape index (κ2) is 7.84. The van der Waals surface area contributed by atoms with E-state index in [1.165, 1.54) is 0 Å². The minimum atomic E-state index is -0.260. The Bertz CT molecular complexity index is 830. The van der Waals surface area contributed by atoms with Crippen LogP contribution < -0.4 is 10.1 Å². The number of carbonyl (C=O) groups excluding carboxylic acids is 1. The molecule has 1 N–H and O–H groups in total. The standard InChI is InChI=1S/C22H24N2O3/c1-2-12-26-17-8-5-7-16(14-17)21-23-20-11-4-3-10-19(20)22(25)24(21)15-18-9-6-13-27-18/h2-5,7-8,10-11,14,18,21,23H,1,6,9,12-13,15H2/t18-,21+/m0/s1. The normalized spacial score (nSPS) is 21.5. The minimum absolute atomic E-state index is 0.0299. The molecule has 5 heteroatoms. The van der Waals surface area contributed by atoms with Crippen LogP contribution in [0.25, 0.3) is 0 Å². The number of para-hydroxylation sites is 1. The second-order valence-electron chi connectivity index (χ2n) is 6.86. The van der Waals surface area contributed by atoms with Gasteiger partial charge in [0, 0.05) is 18.8 Å². The number of ether oxygens (including phenoxy) is 2. The lowest BCUT2D eigenvalue weighted by Gasteiger charge is -2.39. The van der Waals surface area contributed by atoms with Crippen molar-refractivity contribution in [2.45, 2.75) is 25.1 Å². The smallest absolute Gasteiger partial charge is 0.257 e. The number of fused-ring (bicyclic) bond motifs is 1. The van der Waals surface area contributed by atoms with Crippen LogP contribution in [0.3, 0.4) is 0 Å². The SMILES string of the molecule is C=CCOc1cccc([C@@H]2Nc3ccccc3C(=O)N2C[C@@H]2CCCO2)c1. The van der Waals surface area contributed by atoms with Crippen molar-refractivity contribution in [1.29, 1.82) is 0 Å². The summed E-state index contributed by atoms with van der Waals surface area (Å²) in [5.74, 6) is 0.792. The van der Waals surface area contributed by atoms with E-state index in [9.17, 15) is 4.79 Å². The zero-order valence-corrected chi connectivity index (χ0v) is 15.3. The lowest BCUT2D eigenvalue weighted by atomic mass is 10.0. The fourth-order valence-corrected chi connectivity index (χ4v) is 3.68. The zero-order valence-electron chi connectivity index (χ0n) is 15.3. The third-order valence-corrected chi connectivity index (χ3v) is 4.99. The molecule has 140 valence electrons. The molecule has 1 fully saturated rings. The molecule has 0 bridgehead atoms. The predicted molar refractivity (Wildman–Crippen MR) is 105 cm³/mol. The largest absolute Gasteiger partial charge is 0.490 e. The van der Waals surface area contributed by atoms with Crippen molar-refractivity contribution in [1.82, 2.24) is 4.90 Å². The molecule has 2 aliphatic heterocycles. The van der Waals surface area contributed by atoms with Gasteiger partial charge < -0.3 is 19.7 Å². The highest BCUT2D eigenvalue weighted by molar-refractivity contribution is 6.01. The maximum atomic E-state index is 13.2. The first-order valence-electron chi connectivity index (χ1n) is 9.38. The van der Waals surface area contributed by atoms with Crippen LogP contribution in [0.4, 0.5) is 5.69 Å². The quantitative estimate of drug-likeness (QED) is 0.787. The van der Waals surface area contributed by atoms with Gasteiger partial charge in [0.15, 0.2) is 0 Å². The van der Waals surface area contributed by atoms with Gasteiger partial charge in [0.1, 0.15) is 18.5 Å². The average molecular weight is 364 g/mol. The van der Waals surface area contributed by atoms with Crippen LogP contribution >= 0.6 is 0 Å². The Hall–Kier alpha value is -2.79. The summed E-state index contributed by atoms with van der Waals surface area (Å²) in [4.78, 5) is 15.1. The third-order valence-electron chi connectivity index (χ3n) is 4.99. The van der Waals surface area contributed by atoms with Crippen LogP contribution in [0.1, 0.15) is 34.9 Å². The Morgan fingerprint density at radius 1 is 1.26 bits per heavy atom. The Balaban J connectivity index is 1.67. The molecular formula is C22H24N2O3. The van der Waals surface area contributed by atoms with E-state index in [-0.39, 0.29) is 18.2 Å². The molecule has 0 radical (unpaired) electrons. The van der Waals surface area contributed by atoms with Crippen molar-refractivity contribution in [3.63, 3.8) is 0 Å². The molecule has 2 heterocycles. The Labute approximate surface area is 159 Å². The monoisotopic (exact) mass is 364 g/mol. The lowest BCUT2D eigenvalue weighted by molar-refractivity contribution is 0.0426. The van der Waals surface area contributed by atoms with E-state index in [1.807, 2.05) is 53.4 Å². The van der Waals surface area contributed by atoms with Crippen LogP contribution in [0.15, 0.2) is 61.2 Å². The fourth-order valence-electron chi connectivity index (χ4n) is 3.68. The van der Waals surface area contributed by atoms with Gasteiger partial charge in [-0.15, -0.1) is 0 Å². The highest BCUT2D eigenvalue weighted by Gasteiger charge is 2.35. The number of hydrogen-bond acceptors (Lipinski definition) is 4. The molecule has 5 nitrogen and oxygen atoms in total. The minimum Gasteiger partial charge on any atom is -0.490 e. The first kappa shape index (κ1) is 17.6. The summed E-state index contributed by atoms with van der Waals surface area (Å²) in [5.41, 5.74) is 2.54. The summed E-state index contributed by atoms with van der Waals surface area (Å²) in [5, 5.41) is 3.52. The second-order valence-corrected chi connectivity index (χ2v) is 6.86. The molecule has 27 heavy (non-hydrogen) atoms. The molecule has 0 unspecified atom stereocenters. The number of nitrogens with one attached hydrogen (secondary N) is 1. The molecule has 0 spiro atoms. The van der Waals surface area contributed by atoms with Gasteiger partial charge in [-0.1, -0.05) is 36.9 Å². The van der Waals surface area contributed by atoms with Crippen LogP contribution in [-0.2, 0) is 4.74 Å². The molecular weight excluding hydrogens is 340 g/mol. The maximum Gasteiger partial charge on any atom is 0.257 e. The predicted octanol–water partition coefficient (Wildman–Crippen LogP) is 4.00. The number of hydrogen-bond donors (Lipinski definition) is 1. The summed E-state index contributed by atoms with van der Waals surface area (Å²) in [6, 6.07) is 15.5. The van der Waals surface area contributed by atoms with Crippen molar-refractivity contribution in [3.05, 3.63) is 72.3 Å². The van der Waals surface area contributed by atoms with E-state index in [1.54, 1.807) is 6.08 Å². The van der Waals surface area contributed by atoms with E-state index in [0.717, 1.165) is 36.4 Å². The van der Waals surface area contributed by atoms with Crippen molar-refractivity contribution in [2.24, 2.45) is 0 Å². The fraction of sp³-hybridized carbons (Fsp3) is 0.318. The van der Waals surface area contributed by atoms with Gasteiger partial charge in [-0.2, -0.15) is 0 Å². The van der Waals surface area contributed by atoms with Crippen molar-refractivity contribution in [3.8, 4) is 5.75 Å². The summed E-state index contributed by atoms with van der Waals surface area (Å²) in [6.07, 6.45) is 3.58. The molecule has 0 aromatic heterocycles. The van der Waals surface area contributed by atoms with Gasteiger partial charge in [0.25, 0.3) is 5.91 Å². The van der Waals surface area contributed by atoms with Gasteiger partial charge in [-0.05, 0) is 42.7 Å². The van der Waals surface area contributed by atoms with Crippen LogP contribution in [0.2, 0.25) is 0 Å².